The Morgan fingerprint density at radius 1 is 1.25 bits per heavy atom. The van der Waals surface area contributed by atoms with Crippen LogP contribution in [-0.4, -0.2) is 22.5 Å². The van der Waals surface area contributed by atoms with Gasteiger partial charge in [-0.3, -0.25) is 4.98 Å². The maximum absolute atomic E-state index is 12.6. The van der Waals surface area contributed by atoms with Gasteiger partial charge in [-0.15, -0.1) is 0 Å². The minimum absolute atomic E-state index is 0.252. The molecule has 0 bridgehead atoms. The number of benzene rings is 1. The smallest absolute Gasteiger partial charge is 0.322 e. The molecule has 120 valence electrons. The van der Waals surface area contributed by atoms with Crippen LogP contribution < -0.4 is 5.32 Å². The van der Waals surface area contributed by atoms with Gasteiger partial charge in [-0.2, -0.15) is 5.26 Å². The van der Waals surface area contributed by atoms with Crippen molar-refractivity contribution in [2.75, 3.05) is 11.9 Å². The van der Waals surface area contributed by atoms with Crippen molar-refractivity contribution < 1.29 is 9.21 Å². The molecular formula is C18H16N4O2. The van der Waals surface area contributed by atoms with E-state index in [4.69, 9.17) is 9.68 Å². The molecule has 0 radical (unpaired) electrons. The highest BCUT2D eigenvalue weighted by Crippen LogP contribution is 2.21. The number of para-hydroxylation sites is 1. The van der Waals surface area contributed by atoms with Crippen molar-refractivity contribution in [1.29, 1.82) is 5.26 Å². The Kier molecular flexibility index (Phi) is 4.73. The molecule has 0 fully saturated rings. The van der Waals surface area contributed by atoms with Crippen LogP contribution in [0.4, 0.5) is 10.5 Å². The molecule has 0 atom stereocenters. The van der Waals surface area contributed by atoms with Gasteiger partial charge in [0.05, 0.1) is 36.5 Å². The van der Waals surface area contributed by atoms with Crippen molar-refractivity contribution >= 4 is 22.6 Å². The highest BCUT2D eigenvalue weighted by Gasteiger charge is 2.16. The van der Waals surface area contributed by atoms with Gasteiger partial charge in [0.15, 0.2) is 0 Å². The van der Waals surface area contributed by atoms with E-state index in [9.17, 15) is 4.79 Å². The quantitative estimate of drug-likeness (QED) is 0.775. The molecule has 0 spiro atoms. The van der Waals surface area contributed by atoms with Gasteiger partial charge in [-0.1, -0.05) is 18.2 Å². The molecule has 6 nitrogen and oxygen atoms in total. The zero-order valence-electron chi connectivity index (χ0n) is 13.0. The maximum atomic E-state index is 12.6. The number of carbonyl (C=O) groups is 1. The monoisotopic (exact) mass is 320 g/mol. The Morgan fingerprint density at radius 3 is 2.92 bits per heavy atom. The van der Waals surface area contributed by atoms with Gasteiger partial charge in [-0.05, 0) is 24.3 Å². The lowest BCUT2D eigenvalue weighted by atomic mass is 10.2. The molecule has 0 saturated heterocycles. The number of fused-ring (bicyclic) bond motifs is 1. The van der Waals surface area contributed by atoms with Gasteiger partial charge < -0.3 is 14.6 Å². The number of nitrogens with one attached hydrogen (secondary N) is 1. The van der Waals surface area contributed by atoms with Crippen LogP contribution in [0.3, 0.4) is 0 Å². The summed E-state index contributed by atoms with van der Waals surface area (Å²) >= 11 is 0. The third-order valence-electron chi connectivity index (χ3n) is 3.58. The van der Waals surface area contributed by atoms with Crippen molar-refractivity contribution in [3.8, 4) is 6.07 Å². The molecule has 2 amide bonds. The van der Waals surface area contributed by atoms with Crippen LogP contribution in [0.1, 0.15) is 12.2 Å². The van der Waals surface area contributed by atoms with E-state index in [-0.39, 0.29) is 12.5 Å². The zero-order chi connectivity index (χ0) is 16.8. The average Bonchev–Trinajstić information content (AvgIpc) is 3.12. The van der Waals surface area contributed by atoms with E-state index >= 15 is 0 Å². The zero-order valence-corrected chi connectivity index (χ0v) is 13.0. The summed E-state index contributed by atoms with van der Waals surface area (Å²) in [7, 11) is 0. The Balaban J connectivity index is 1.80. The van der Waals surface area contributed by atoms with Crippen LogP contribution >= 0.6 is 0 Å². The molecule has 24 heavy (non-hydrogen) atoms. The summed E-state index contributed by atoms with van der Waals surface area (Å²) < 4.78 is 5.30. The number of nitriles is 1. The summed E-state index contributed by atoms with van der Waals surface area (Å²) in [4.78, 5) is 18.5. The minimum atomic E-state index is -0.292. The first kappa shape index (κ1) is 15.6. The van der Waals surface area contributed by atoms with Gasteiger partial charge in [0.1, 0.15) is 5.76 Å². The summed E-state index contributed by atoms with van der Waals surface area (Å²) in [6.45, 7) is 0.625. The van der Waals surface area contributed by atoms with Crippen LogP contribution in [0.15, 0.2) is 59.3 Å². The van der Waals surface area contributed by atoms with E-state index in [1.165, 1.54) is 0 Å². The number of aromatic nitrogens is 1. The highest BCUT2D eigenvalue weighted by atomic mass is 16.3. The molecule has 3 rings (SSSR count). The Hall–Kier alpha value is -3.33. The molecule has 6 heteroatoms. The minimum Gasteiger partial charge on any atom is -0.467 e. The van der Waals surface area contributed by atoms with Crippen LogP contribution in [0.2, 0.25) is 0 Å². The van der Waals surface area contributed by atoms with E-state index in [0.29, 0.717) is 24.5 Å². The van der Waals surface area contributed by atoms with Gasteiger partial charge in [0.25, 0.3) is 0 Å². The van der Waals surface area contributed by atoms with Crippen molar-refractivity contribution in [2.24, 2.45) is 0 Å². The first-order valence-electron chi connectivity index (χ1n) is 7.57. The standard InChI is InChI=1S/C18H16N4O2/c19-9-4-11-22(13-15-7-3-12-24-15)18(23)21-16-8-1-5-14-6-2-10-20-17(14)16/h1-3,5-8,10,12H,4,11,13H2,(H,21,23). The number of hydrogen-bond acceptors (Lipinski definition) is 4. The number of furan rings is 1. The fourth-order valence-corrected chi connectivity index (χ4v) is 2.43. The van der Waals surface area contributed by atoms with E-state index in [1.54, 1.807) is 29.5 Å². The first-order chi connectivity index (χ1) is 11.8. The number of anilines is 1. The topological polar surface area (TPSA) is 82.2 Å². The first-order valence-corrected chi connectivity index (χ1v) is 7.57. The van der Waals surface area contributed by atoms with E-state index in [1.807, 2.05) is 30.3 Å². The summed E-state index contributed by atoms with van der Waals surface area (Å²) in [5.41, 5.74) is 1.37. The molecule has 1 aromatic carbocycles. The van der Waals surface area contributed by atoms with E-state index < -0.39 is 0 Å². The summed E-state index contributed by atoms with van der Waals surface area (Å²) in [5, 5.41) is 12.6. The fourth-order valence-electron chi connectivity index (χ4n) is 2.43. The van der Waals surface area contributed by atoms with Crippen molar-refractivity contribution in [3.63, 3.8) is 0 Å². The fraction of sp³-hybridized carbons (Fsp3) is 0.167. The number of nitrogens with zero attached hydrogens (tertiary/aromatic N) is 3. The molecule has 0 aliphatic rings. The predicted octanol–water partition coefficient (Wildman–Crippen LogP) is 3.78. The molecule has 0 unspecified atom stereocenters. The molecule has 1 N–H and O–H groups in total. The molecule has 2 aromatic heterocycles. The second-order valence-electron chi connectivity index (χ2n) is 5.22. The molecule has 2 heterocycles. The van der Waals surface area contributed by atoms with E-state index in [2.05, 4.69) is 16.4 Å². The lowest BCUT2D eigenvalue weighted by Gasteiger charge is -2.21. The second-order valence-corrected chi connectivity index (χ2v) is 5.22. The Labute approximate surface area is 139 Å². The lowest BCUT2D eigenvalue weighted by molar-refractivity contribution is 0.205. The highest BCUT2D eigenvalue weighted by molar-refractivity contribution is 5.99. The number of hydrogen-bond donors (Lipinski definition) is 1. The normalized spacial score (nSPS) is 10.3. The third-order valence-corrected chi connectivity index (χ3v) is 3.58. The lowest BCUT2D eigenvalue weighted by Crippen LogP contribution is -2.35. The van der Waals surface area contributed by atoms with Crippen LogP contribution in [0, 0.1) is 11.3 Å². The molecule has 3 aromatic rings. The number of pyridine rings is 1. The third kappa shape index (κ3) is 3.52. The molecule has 0 aliphatic carbocycles. The van der Waals surface area contributed by atoms with Gasteiger partial charge >= 0.3 is 6.03 Å². The SMILES string of the molecule is N#CCCN(Cc1ccco1)C(=O)Nc1cccc2cccnc12. The molecule has 0 saturated carbocycles. The molecular weight excluding hydrogens is 304 g/mol. The maximum Gasteiger partial charge on any atom is 0.322 e. The van der Waals surface area contributed by atoms with Gasteiger partial charge in [-0.25, -0.2) is 4.79 Å². The van der Waals surface area contributed by atoms with Gasteiger partial charge in [0.2, 0.25) is 0 Å². The van der Waals surface area contributed by atoms with Gasteiger partial charge in [0, 0.05) is 18.1 Å². The second kappa shape index (κ2) is 7.29. The average molecular weight is 320 g/mol. The number of rotatable bonds is 5. The Morgan fingerprint density at radius 2 is 2.12 bits per heavy atom. The van der Waals surface area contributed by atoms with Crippen molar-refractivity contribution in [2.45, 2.75) is 13.0 Å². The largest absolute Gasteiger partial charge is 0.467 e. The van der Waals surface area contributed by atoms with Crippen molar-refractivity contribution in [1.82, 2.24) is 9.88 Å². The van der Waals surface area contributed by atoms with E-state index in [0.717, 1.165) is 10.9 Å². The van der Waals surface area contributed by atoms with Crippen LogP contribution in [0.5, 0.6) is 0 Å². The van der Waals surface area contributed by atoms with Crippen LogP contribution in [-0.2, 0) is 6.54 Å². The van der Waals surface area contributed by atoms with Crippen LogP contribution in [0.25, 0.3) is 10.9 Å². The molecule has 0 aliphatic heterocycles. The summed E-state index contributed by atoms with van der Waals surface area (Å²) in [6, 6.07) is 14.7. The van der Waals surface area contributed by atoms with Crippen molar-refractivity contribution in [3.05, 3.63) is 60.7 Å². The summed E-state index contributed by atoms with van der Waals surface area (Å²) in [6.07, 6.45) is 3.50. The predicted molar refractivity (Wildman–Crippen MR) is 90.1 cm³/mol. The summed E-state index contributed by atoms with van der Waals surface area (Å²) in [5.74, 6) is 0.666. The number of carbonyl (C=O) groups excluding carboxylic acids is 1. The number of amides is 2. The number of urea groups is 1. The Bertz CT molecular complexity index is 863.